The van der Waals surface area contributed by atoms with Gasteiger partial charge in [0.25, 0.3) is 0 Å². The minimum atomic E-state index is -0.542. The van der Waals surface area contributed by atoms with Crippen molar-refractivity contribution in [3.05, 3.63) is 18.4 Å². The van der Waals surface area contributed by atoms with Crippen LogP contribution in [0.15, 0.2) is 17.1 Å². The maximum Gasteiger partial charge on any atom is 0.180 e. The van der Waals surface area contributed by atoms with Gasteiger partial charge in [0.1, 0.15) is 6.26 Å². The van der Waals surface area contributed by atoms with Crippen LogP contribution >= 0.6 is 0 Å². The number of oxazole rings is 1. The van der Waals surface area contributed by atoms with Crippen molar-refractivity contribution in [2.24, 2.45) is 5.73 Å². The lowest BCUT2D eigenvalue weighted by atomic mass is 10.1. The minimum absolute atomic E-state index is 0.432. The zero-order chi connectivity index (χ0) is 8.27. The molecule has 0 saturated heterocycles. The summed E-state index contributed by atoms with van der Waals surface area (Å²) in [5.41, 5.74) is 6.22. The van der Waals surface area contributed by atoms with Crippen molar-refractivity contribution in [3.8, 4) is 0 Å². The molecule has 0 amide bonds. The van der Waals surface area contributed by atoms with Crippen LogP contribution in [-0.4, -0.2) is 16.2 Å². The molecule has 0 radical (unpaired) electrons. The average Bonchev–Trinajstić information content (AvgIpc) is 2.53. The van der Waals surface area contributed by atoms with E-state index < -0.39 is 12.1 Å². The molecule has 62 valence electrons. The summed E-state index contributed by atoms with van der Waals surface area (Å²) in [6, 6.07) is -0.432. The van der Waals surface area contributed by atoms with Crippen LogP contribution in [0.5, 0.6) is 0 Å². The summed E-state index contributed by atoms with van der Waals surface area (Å²) in [7, 11) is 0. The molecular formula is C7H12N2O2. The van der Waals surface area contributed by atoms with Gasteiger partial charge in [0.15, 0.2) is 6.39 Å². The van der Waals surface area contributed by atoms with E-state index in [1.54, 1.807) is 0 Å². The van der Waals surface area contributed by atoms with E-state index in [-0.39, 0.29) is 0 Å². The van der Waals surface area contributed by atoms with Gasteiger partial charge in [-0.1, -0.05) is 6.92 Å². The molecule has 2 atom stereocenters. The van der Waals surface area contributed by atoms with Gasteiger partial charge < -0.3 is 15.3 Å². The van der Waals surface area contributed by atoms with Crippen LogP contribution in [-0.2, 0) is 0 Å². The number of nitrogens with zero attached hydrogens (tertiary/aromatic N) is 1. The van der Waals surface area contributed by atoms with E-state index in [4.69, 9.17) is 10.2 Å². The van der Waals surface area contributed by atoms with Crippen LogP contribution in [0.25, 0.3) is 0 Å². The maximum atomic E-state index is 9.29. The van der Waals surface area contributed by atoms with Crippen LogP contribution < -0.4 is 5.73 Å². The summed E-state index contributed by atoms with van der Waals surface area (Å²) >= 11 is 0. The highest BCUT2D eigenvalue weighted by atomic mass is 16.3. The summed E-state index contributed by atoms with van der Waals surface area (Å²) in [6.07, 6.45) is 2.83. The smallest absolute Gasteiger partial charge is 0.180 e. The van der Waals surface area contributed by atoms with Crippen molar-refractivity contribution in [1.29, 1.82) is 0 Å². The number of hydrogen-bond acceptors (Lipinski definition) is 4. The normalized spacial score (nSPS) is 16.3. The molecule has 3 N–H and O–H groups in total. The van der Waals surface area contributed by atoms with Crippen molar-refractivity contribution in [2.75, 3.05) is 0 Å². The molecule has 4 nitrogen and oxygen atoms in total. The number of rotatable bonds is 3. The monoisotopic (exact) mass is 156 g/mol. The Labute approximate surface area is 65.0 Å². The van der Waals surface area contributed by atoms with Gasteiger partial charge in [0.2, 0.25) is 0 Å². The number of nitrogens with two attached hydrogens (primary N) is 1. The molecule has 11 heavy (non-hydrogen) atoms. The zero-order valence-electron chi connectivity index (χ0n) is 6.40. The van der Waals surface area contributed by atoms with Gasteiger partial charge in [0.05, 0.1) is 17.8 Å². The third-order valence-corrected chi connectivity index (χ3v) is 1.63. The first kappa shape index (κ1) is 8.23. The predicted molar refractivity (Wildman–Crippen MR) is 39.7 cm³/mol. The molecule has 1 aromatic rings. The molecule has 0 fully saturated rings. The lowest BCUT2D eigenvalue weighted by Crippen LogP contribution is -2.25. The van der Waals surface area contributed by atoms with E-state index in [9.17, 15) is 5.11 Å². The Morgan fingerprint density at radius 2 is 2.55 bits per heavy atom. The van der Waals surface area contributed by atoms with Crippen molar-refractivity contribution in [1.82, 2.24) is 4.98 Å². The SMILES string of the molecule is CCC(O)C(N)c1cocn1. The van der Waals surface area contributed by atoms with Crippen LogP contribution in [0, 0.1) is 0 Å². The molecule has 0 saturated carbocycles. The van der Waals surface area contributed by atoms with Crippen LogP contribution in [0.4, 0.5) is 0 Å². The maximum absolute atomic E-state index is 9.29. The Morgan fingerprint density at radius 3 is 3.00 bits per heavy atom. The Hall–Kier alpha value is -0.870. The Balaban J connectivity index is 2.62. The molecule has 4 heteroatoms. The van der Waals surface area contributed by atoms with E-state index in [2.05, 4.69) is 4.98 Å². The quantitative estimate of drug-likeness (QED) is 0.666. The number of aliphatic hydroxyl groups is 1. The van der Waals surface area contributed by atoms with Crippen molar-refractivity contribution in [2.45, 2.75) is 25.5 Å². The summed E-state index contributed by atoms with van der Waals surface area (Å²) in [5, 5.41) is 9.29. The van der Waals surface area contributed by atoms with Crippen molar-refractivity contribution >= 4 is 0 Å². The molecule has 1 heterocycles. The highest BCUT2D eigenvalue weighted by Gasteiger charge is 2.16. The first-order valence-corrected chi connectivity index (χ1v) is 3.57. The van der Waals surface area contributed by atoms with Gasteiger partial charge in [-0.2, -0.15) is 0 Å². The molecular weight excluding hydrogens is 144 g/mol. The van der Waals surface area contributed by atoms with Gasteiger partial charge in [-0.25, -0.2) is 4.98 Å². The Kier molecular flexibility index (Phi) is 2.62. The second kappa shape index (κ2) is 3.50. The van der Waals surface area contributed by atoms with E-state index in [1.165, 1.54) is 12.7 Å². The number of hydrogen-bond donors (Lipinski definition) is 2. The van der Waals surface area contributed by atoms with E-state index in [0.29, 0.717) is 12.1 Å². The highest BCUT2D eigenvalue weighted by molar-refractivity contribution is 5.00. The van der Waals surface area contributed by atoms with Gasteiger partial charge in [-0.15, -0.1) is 0 Å². The van der Waals surface area contributed by atoms with E-state index in [0.717, 1.165) is 0 Å². The Morgan fingerprint density at radius 1 is 1.82 bits per heavy atom. The van der Waals surface area contributed by atoms with Crippen LogP contribution in [0.1, 0.15) is 25.1 Å². The second-order valence-electron chi connectivity index (χ2n) is 2.41. The molecule has 1 aromatic heterocycles. The molecule has 0 aliphatic carbocycles. The van der Waals surface area contributed by atoms with E-state index in [1.807, 2.05) is 6.92 Å². The number of aliphatic hydroxyl groups excluding tert-OH is 1. The fraction of sp³-hybridized carbons (Fsp3) is 0.571. The molecule has 0 spiro atoms. The Bertz CT molecular complexity index is 198. The van der Waals surface area contributed by atoms with E-state index >= 15 is 0 Å². The molecule has 0 aromatic carbocycles. The first-order valence-electron chi connectivity index (χ1n) is 3.57. The molecule has 0 aliphatic rings. The molecule has 0 bridgehead atoms. The zero-order valence-corrected chi connectivity index (χ0v) is 6.40. The van der Waals surface area contributed by atoms with Crippen molar-refractivity contribution < 1.29 is 9.52 Å². The minimum Gasteiger partial charge on any atom is -0.451 e. The summed E-state index contributed by atoms with van der Waals surface area (Å²) in [5.74, 6) is 0. The highest BCUT2D eigenvalue weighted by Crippen LogP contribution is 2.13. The fourth-order valence-corrected chi connectivity index (χ4v) is 0.838. The summed E-state index contributed by atoms with van der Waals surface area (Å²) < 4.78 is 4.73. The molecule has 1 rings (SSSR count). The van der Waals surface area contributed by atoms with Gasteiger partial charge >= 0.3 is 0 Å². The van der Waals surface area contributed by atoms with Crippen LogP contribution in [0.3, 0.4) is 0 Å². The lowest BCUT2D eigenvalue weighted by Gasteiger charge is -2.13. The van der Waals surface area contributed by atoms with Gasteiger partial charge in [-0.05, 0) is 6.42 Å². The standard InChI is InChI=1S/C7H12N2O2/c1-2-6(10)7(8)5-3-11-4-9-5/h3-4,6-7,10H,2,8H2,1H3. The summed E-state index contributed by atoms with van der Waals surface area (Å²) in [6.45, 7) is 1.87. The summed E-state index contributed by atoms with van der Waals surface area (Å²) in [4.78, 5) is 3.83. The predicted octanol–water partition coefficient (Wildman–Crippen LogP) is 0.445. The van der Waals surface area contributed by atoms with Gasteiger partial charge in [-0.3, -0.25) is 0 Å². The topological polar surface area (TPSA) is 72.3 Å². The lowest BCUT2D eigenvalue weighted by molar-refractivity contribution is 0.139. The third-order valence-electron chi connectivity index (χ3n) is 1.63. The average molecular weight is 156 g/mol. The van der Waals surface area contributed by atoms with Crippen LogP contribution in [0.2, 0.25) is 0 Å². The van der Waals surface area contributed by atoms with Gasteiger partial charge in [0, 0.05) is 0 Å². The first-order chi connectivity index (χ1) is 5.25. The second-order valence-corrected chi connectivity index (χ2v) is 2.41. The number of aromatic nitrogens is 1. The molecule has 0 aliphatic heterocycles. The molecule has 2 unspecified atom stereocenters. The van der Waals surface area contributed by atoms with Crippen molar-refractivity contribution in [3.63, 3.8) is 0 Å². The largest absolute Gasteiger partial charge is 0.451 e. The fourth-order valence-electron chi connectivity index (χ4n) is 0.838. The third kappa shape index (κ3) is 1.78.